The van der Waals surface area contributed by atoms with Crippen LogP contribution in [0.15, 0.2) is 23.8 Å². The van der Waals surface area contributed by atoms with Crippen LogP contribution in [0, 0.1) is 17.2 Å². The Hall–Kier alpha value is -3.31. The lowest BCUT2D eigenvalue weighted by Gasteiger charge is -2.18. The highest BCUT2D eigenvalue weighted by molar-refractivity contribution is 7.17. The topological polar surface area (TPSA) is 114 Å². The molecule has 1 aromatic heterocycles. The number of rotatable bonds is 11. The van der Waals surface area contributed by atoms with Crippen LogP contribution >= 0.6 is 11.3 Å². The molecule has 0 saturated heterocycles. The fourth-order valence-electron chi connectivity index (χ4n) is 4.19. The van der Waals surface area contributed by atoms with E-state index in [0.717, 1.165) is 49.0 Å². The van der Waals surface area contributed by atoms with E-state index in [2.05, 4.69) is 19.2 Å². The van der Waals surface area contributed by atoms with E-state index >= 15 is 0 Å². The van der Waals surface area contributed by atoms with E-state index in [-0.39, 0.29) is 5.57 Å². The average Bonchev–Trinajstić information content (AvgIpc) is 3.19. The molecule has 1 aliphatic rings. The highest BCUT2D eigenvalue weighted by atomic mass is 32.1. The smallest absolute Gasteiger partial charge is 0.266 e. The van der Waals surface area contributed by atoms with E-state index in [1.807, 2.05) is 6.07 Å². The molecule has 0 aliphatic heterocycles. The number of fused-ring (bicyclic) bond motifs is 1. The van der Waals surface area contributed by atoms with Gasteiger partial charge in [-0.25, -0.2) is 0 Å². The van der Waals surface area contributed by atoms with E-state index in [1.165, 1.54) is 23.8 Å². The number of thiophene rings is 1. The monoisotopic (exact) mass is 495 g/mol. The summed E-state index contributed by atoms with van der Waals surface area (Å²) < 4.78 is 11.3. The van der Waals surface area contributed by atoms with Crippen molar-refractivity contribution in [1.82, 2.24) is 0 Å². The van der Waals surface area contributed by atoms with Crippen LogP contribution in [0.2, 0.25) is 0 Å². The maximum atomic E-state index is 12.9. The molecule has 0 saturated carbocycles. The summed E-state index contributed by atoms with van der Waals surface area (Å²) in [6, 6.07) is 7.23. The number of nitriles is 1. The fourth-order valence-corrected chi connectivity index (χ4v) is 5.60. The van der Waals surface area contributed by atoms with Crippen molar-refractivity contribution in [2.75, 3.05) is 19.0 Å². The second-order valence-electron chi connectivity index (χ2n) is 8.86. The molecule has 1 heterocycles. The number of hydrogen-bond donors (Lipinski definition) is 2. The van der Waals surface area contributed by atoms with Crippen LogP contribution in [0.25, 0.3) is 6.08 Å². The molecule has 0 fully saturated rings. The number of carbonyl (C=O) groups is 2. The standard InChI is InChI=1S/C27H33N3O4S/c1-4-5-6-7-12-34-21-11-9-18(15-22(21)33-3)14-19(16-28)26(32)30-27-24(25(29)31)20-10-8-17(2)13-23(20)35-27/h9,11,14-15,17H,4-8,10,12-13H2,1-3H3,(H2,29,31)(H,30,32)/b19-14+. The van der Waals surface area contributed by atoms with Crippen LogP contribution in [0.1, 0.15) is 72.3 Å². The lowest BCUT2D eigenvalue weighted by atomic mass is 9.88. The van der Waals surface area contributed by atoms with E-state index in [4.69, 9.17) is 15.2 Å². The van der Waals surface area contributed by atoms with E-state index < -0.39 is 11.8 Å². The lowest BCUT2D eigenvalue weighted by Crippen LogP contribution is -2.19. The van der Waals surface area contributed by atoms with Crippen LogP contribution in [-0.4, -0.2) is 25.5 Å². The van der Waals surface area contributed by atoms with Gasteiger partial charge >= 0.3 is 0 Å². The van der Waals surface area contributed by atoms with Crippen molar-refractivity contribution in [3.05, 3.63) is 45.3 Å². The Morgan fingerprint density at radius 3 is 2.77 bits per heavy atom. The molecular formula is C27H33N3O4S. The first-order chi connectivity index (χ1) is 16.9. The third-order valence-electron chi connectivity index (χ3n) is 6.10. The zero-order valence-corrected chi connectivity index (χ0v) is 21.4. The molecule has 0 bridgehead atoms. The minimum absolute atomic E-state index is 0.0875. The number of amides is 2. The number of nitrogens with two attached hydrogens (primary N) is 1. The molecule has 3 rings (SSSR count). The van der Waals surface area contributed by atoms with Crippen LogP contribution in [0.5, 0.6) is 11.5 Å². The predicted molar refractivity (Wildman–Crippen MR) is 139 cm³/mol. The number of carbonyl (C=O) groups excluding carboxylic acids is 2. The second kappa shape index (κ2) is 12.4. The Bertz CT molecular complexity index is 1150. The summed E-state index contributed by atoms with van der Waals surface area (Å²) in [5.74, 6) is 0.511. The summed E-state index contributed by atoms with van der Waals surface area (Å²) in [6.07, 6.45) is 8.50. The van der Waals surface area contributed by atoms with Gasteiger partial charge in [0.2, 0.25) is 0 Å². The van der Waals surface area contributed by atoms with Crippen molar-refractivity contribution in [2.45, 2.75) is 58.8 Å². The number of anilines is 1. The fraction of sp³-hybridized carbons (Fsp3) is 0.444. The number of nitrogens with one attached hydrogen (secondary N) is 1. The molecule has 2 aromatic rings. The number of nitrogens with zero attached hydrogens (tertiary/aromatic N) is 1. The van der Waals surface area contributed by atoms with Gasteiger partial charge < -0.3 is 20.5 Å². The van der Waals surface area contributed by atoms with Gasteiger partial charge in [0.1, 0.15) is 16.6 Å². The van der Waals surface area contributed by atoms with Gasteiger partial charge in [-0.2, -0.15) is 5.26 Å². The molecule has 8 heteroatoms. The minimum atomic E-state index is -0.586. The summed E-state index contributed by atoms with van der Waals surface area (Å²) in [4.78, 5) is 26.2. The molecule has 1 aliphatic carbocycles. The van der Waals surface area contributed by atoms with E-state index in [0.29, 0.717) is 40.2 Å². The van der Waals surface area contributed by atoms with Crippen LogP contribution in [0.3, 0.4) is 0 Å². The molecule has 1 atom stereocenters. The van der Waals surface area contributed by atoms with Crippen molar-refractivity contribution in [1.29, 1.82) is 5.26 Å². The van der Waals surface area contributed by atoms with Gasteiger partial charge in [-0.15, -0.1) is 11.3 Å². The number of ether oxygens (including phenoxy) is 2. The quantitative estimate of drug-likeness (QED) is 0.243. The highest BCUT2D eigenvalue weighted by Gasteiger charge is 2.27. The Labute approximate surface area is 210 Å². The zero-order valence-electron chi connectivity index (χ0n) is 20.6. The molecule has 186 valence electrons. The van der Waals surface area contributed by atoms with Gasteiger partial charge in [0.25, 0.3) is 11.8 Å². The van der Waals surface area contributed by atoms with Crippen molar-refractivity contribution in [3.63, 3.8) is 0 Å². The number of unbranched alkanes of at least 4 members (excludes halogenated alkanes) is 3. The zero-order chi connectivity index (χ0) is 25.4. The first-order valence-electron chi connectivity index (χ1n) is 12.1. The second-order valence-corrected chi connectivity index (χ2v) is 9.97. The molecule has 0 radical (unpaired) electrons. The first-order valence-corrected chi connectivity index (χ1v) is 12.9. The number of hydrogen-bond acceptors (Lipinski definition) is 6. The van der Waals surface area contributed by atoms with Crippen LogP contribution in [-0.2, 0) is 17.6 Å². The van der Waals surface area contributed by atoms with Crippen molar-refractivity contribution in [3.8, 4) is 17.6 Å². The number of methoxy groups -OCH3 is 1. The number of primary amides is 1. The molecule has 7 nitrogen and oxygen atoms in total. The third kappa shape index (κ3) is 6.64. The first kappa shape index (κ1) is 26.3. The summed E-state index contributed by atoms with van der Waals surface area (Å²) in [7, 11) is 1.55. The molecular weight excluding hydrogens is 462 g/mol. The molecule has 1 unspecified atom stereocenters. The van der Waals surface area contributed by atoms with Crippen LogP contribution in [0.4, 0.5) is 5.00 Å². The molecule has 3 N–H and O–H groups in total. The maximum Gasteiger partial charge on any atom is 0.266 e. The Balaban J connectivity index is 1.77. The Morgan fingerprint density at radius 1 is 1.29 bits per heavy atom. The highest BCUT2D eigenvalue weighted by Crippen LogP contribution is 2.39. The third-order valence-corrected chi connectivity index (χ3v) is 7.27. The van der Waals surface area contributed by atoms with Gasteiger partial charge in [0, 0.05) is 4.88 Å². The maximum absolute atomic E-state index is 12.9. The molecule has 1 aromatic carbocycles. The largest absolute Gasteiger partial charge is 0.493 e. The average molecular weight is 496 g/mol. The van der Waals surface area contributed by atoms with Crippen molar-refractivity contribution in [2.24, 2.45) is 11.7 Å². The Kier molecular flexibility index (Phi) is 9.32. The van der Waals surface area contributed by atoms with Gasteiger partial charge in [-0.05, 0) is 60.9 Å². The summed E-state index contributed by atoms with van der Waals surface area (Å²) >= 11 is 1.37. The van der Waals surface area contributed by atoms with Gasteiger partial charge in [0.15, 0.2) is 11.5 Å². The predicted octanol–water partition coefficient (Wildman–Crippen LogP) is 5.49. The SMILES string of the molecule is CCCCCCOc1ccc(/C=C(\C#N)C(=O)Nc2sc3c(c2C(N)=O)CCC(C)C3)cc1OC. The normalized spacial score (nSPS) is 15.1. The summed E-state index contributed by atoms with van der Waals surface area (Å²) in [5, 5.41) is 12.8. The van der Waals surface area contributed by atoms with E-state index in [9.17, 15) is 14.9 Å². The number of benzene rings is 1. The summed E-state index contributed by atoms with van der Waals surface area (Å²) in [6.45, 7) is 4.93. The minimum Gasteiger partial charge on any atom is -0.493 e. The lowest BCUT2D eigenvalue weighted by molar-refractivity contribution is -0.112. The van der Waals surface area contributed by atoms with E-state index in [1.54, 1.807) is 25.3 Å². The molecule has 0 spiro atoms. The Morgan fingerprint density at radius 2 is 2.09 bits per heavy atom. The van der Waals surface area contributed by atoms with Gasteiger partial charge in [-0.1, -0.05) is 39.2 Å². The van der Waals surface area contributed by atoms with Gasteiger partial charge in [0.05, 0.1) is 19.3 Å². The van der Waals surface area contributed by atoms with Crippen molar-refractivity contribution >= 4 is 34.2 Å². The van der Waals surface area contributed by atoms with Gasteiger partial charge in [-0.3, -0.25) is 9.59 Å². The molecule has 2 amide bonds. The van der Waals surface area contributed by atoms with Crippen molar-refractivity contribution < 1.29 is 19.1 Å². The van der Waals surface area contributed by atoms with Crippen LogP contribution < -0.4 is 20.5 Å². The molecule has 35 heavy (non-hydrogen) atoms. The summed E-state index contributed by atoms with van der Waals surface area (Å²) in [5.41, 5.74) is 7.47.